The third-order valence-corrected chi connectivity index (χ3v) is 2.54. The number of rotatable bonds is 6. The second kappa shape index (κ2) is 6.64. The van der Waals surface area contributed by atoms with Gasteiger partial charge in [-0.15, -0.1) is 0 Å². The highest BCUT2D eigenvalue weighted by atomic mass is 14.1. The zero-order chi connectivity index (χ0) is 10.2. The fourth-order valence-electron chi connectivity index (χ4n) is 1.60. The maximum Gasteiger partial charge on any atom is 0.0198 e. The van der Waals surface area contributed by atoms with E-state index in [1.807, 2.05) is 0 Å². The summed E-state index contributed by atoms with van der Waals surface area (Å²) in [5.41, 5.74) is 1.25. The molecule has 2 radical (unpaired) electrons. The van der Waals surface area contributed by atoms with E-state index in [2.05, 4.69) is 50.6 Å². The van der Waals surface area contributed by atoms with Gasteiger partial charge in [-0.2, -0.15) is 0 Å². The molecule has 14 heavy (non-hydrogen) atoms. The van der Waals surface area contributed by atoms with Gasteiger partial charge in [-0.25, -0.2) is 0 Å². The molecule has 1 aromatic rings. The van der Waals surface area contributed by atoms with E-state index in [0.29, 0.717) is 5.92 Å². The Balaban J connectivity index is 2.40. The minimum atomic E-state index is 0.636. The van der Waals surface area contributed by atoms with Crippen molar-refractivity contribution >= 4 is 0 Å². The van der Waals surface area contributed by atoms with Crippen LogP contribution in [-0.4, -0.2) is 0 Å². The first kappa shape index (κ1) is 11.3. The Kier molecular flexibility index (Phi) is 5.36. The van der Waals surface area contributed by atoms with Gasteiger partial charge >= 0.3 is 0 Å². The van der Waals surface area contributed by atoms with Crippen molar-refractivity contribution in [1.29, 1.82) is 0 Å². The van der Waals surface area contributed by atoms with Crippen molar-refractivity contribution in [2.45, 2.75) is 39.5 Å². The lowest BCUT2D eigenvalue weighted by atomic mass is 9.92. The van der Waals surface area contributed by atoms with Crippen LogP contribution in [0.5, 0.6) is 0 Å². The molecule has 0 bridgehead atoms. The van der Waals surface area contributed by atoms with Crippen LogP contribution < -0.4 is 0 Å². The smallest absolute Gasteiger partial charge is 0.0198 e. The normalized spacial score (nSPS) is 12.7. The van der Waals surface area contributed by atoms with Gasteiger partial charge in [-0.3, -0.25) is 0 Å². The van der Waals surface area contributed by atoms with E-state index in [-0.39, 0.29) is 0 Å². The number of benzene rings is 1. The summed E-state index contributed by atoms with van der Waals surface area (Å²) >= 11 is 0. The quantitative estimate of drug-likeness (QED) is 0.623. The van der Waals surface area contributed by atoms with Gasteiger partial charge in [0.2, 0.25) is 0 Å². The third kappa shape index (κ3) is 3.95. The van der Waals surface area contributed by atoms with Gasteiger partial charge in [0.15, 0.2) is 0 Å². The molecule has 1 atom stereocenters. The minimum absolute atomic E-state index is 0.636. The van der Waals surface area contributed by atoms with E-state index in [9.17, 15) is 0 Å². The van der Waals surface area contributed by atoms with Crippen LogP contribution in [0.1, 0.15) is 45.1 Å². The predicted molar refractivity (Wildman–Crippen MR) is 62.1 cm³/mol. The summed E-state index contributed by atoms with van der Waals surface area (Å²) in [4.78, 5) is 0. The van der Waals surface area contributed by atoms with Crippen LogP contribution in [0.2, 0.25) is 0 Å². The molecular weight excluding hydrogens is 168 g/mol. The minimum Gasteiger partial charge on any atom is -0.0654 e. The molecule has 0 spiro atoms. The first-order valence-corrected chi connectivity index (χ1v) is 5.68. The average molecular weight is 188 g/mol. The summed E-state index contributed by atoms with van der Waals surface area (Å²) in [5.74, 6) is 0.636. The SMILES string of the molecule is CCCCC([C]c1ccccc1)CC. The highest BCUT2D eigenvalue weighted by molar-refractivity contribution is 5.23. The van der Waals surface area contributed by atoms with E-state index in [1.54, 1.807) is 0 Å². The number of hydrogen-bond donors (Lipinski definition) is 0. The van der Waals surface area contributed by atoms with E-state index in [0.717, 1.165) is 0 Å². The zero-order valence-corrected chi connectivity index (χ0v) is 9.29. The molecular formula is C14H20. The van der Waals surface area contributed by atoms with Crippen molar-refractivity contribution < 1.29 is 0 Å². The zero-order valence-electron chi connectivity index (χ0n) is 9.29. The molecule has 0 fully saturated rings. The highest BCUT2D eigenvalue weighted by Crippen LogP contribution is 2.19. The molecule has 0 aliphatic carbocycles. The maximum absolute atomic E-state index is 3.56. The average Bonchev–Trinajstić information content (AvgIpc) is 2.25. The molecule has 1 rings (SSSR count). The summed E-state index contributed by atoms with van der Waals surface area (Å²) in [6.07, 6.45) is 8.65. The largest absolute Gasteiger partial charge is 0.0654 e. The first-order valence-electron chi connectivity index (χ1n) is 5.68. The Morgan fingerprint density at radius 3 is 2.43 bits per heavy atom. The van der Waals surface area contributed by atoms with Gasteiger partial charge < -0.3 is 0 Å². The van der Waals surface area contributed by atoms with E-state index in [1.165, 1.54) is 31.2 Å². The summed E-state index contributed by atoms with van der Waals surface area (Å²) in [6, 6.07) is 10.5. The lowest BCUT2D eigenvalue weighted by Crippen LogP contribution is -2.00. The first-order chi connectivity index (χ1) is 6.86. The Morgan fingerprint density at radius 2 is 1.86 bits per heavy atom. The molecule has 0 aromatic heterocycles. The van der Waals surface area contributed by atoms with Gasteiger partial charge in [0.1, 0.15) is 0 Å². The predicted octanol–water partition coefficient (Wildman–Crippen LogP) is 4.33. The second-order valence-electron chi connectivity index (χ2n) is 3.76. The van der Waals surface area contributed by atoms with E-state index in [4.69, 9.17) is 0 Å². The molecule has 1 aromatic carbocycles. The summed E-state index contributed by atoms with van der Waals surface area (Å²) < 4.78 is 0. The number of unbranched alkanes of at least 4 members (excludes halogenated alkanes) is 1. The van der Waals surface area contributed by atoms with Crippen LogP contribution in [0, 0.1) is 12.3 Å². The van der Waals surface area contributed by atoms with Crippen LogP contribution in [0.3, 0.4) is 0 Å². The summed E-state index contributed by atoms with van der Waals surface area (Å²) in [7, 11) is 0. The highest BCUT2D eigenvalue weighted by Gasteiger charge is 2.07. The van der Waals surface area contributed by atoms with Crippen molar-refractivity contribution in [2.24, 2.45) is 5.92 Å². The van der Waals surface area contributed by atoms with Crippen LogP contribution in [0.4, 0.5) is 0 Å². The van der Waals surface area contributed by atoms with Gasteiger partial charge in [0.05, 0.1) is 0 Å². The second-order valence-corrected chi connectivity index (χ2v) is 3.76. The fourth-order valence-corrected chi connectivity index (χ4v) is 1.60. The Labute approximate surface area is 88.4 Å². The van der Waals surface area contributed by atoms with Crippen molar-refractivity contribution in [2.75, 3.05) is 0 Å². The molecule has 0 amide bonds. The molecule has 0 heteroatoms. The third-order valence-electron chi connectivity index (χ3n) is 2.54. The van der Waals surface area contributed by atoms with Crippen LogP contribution in [0.15, 0.2) is 30.3 Å². The molecule has 0 saturated carbocycles. The van der Waals surface area contributed by atoms with Crippen molar-refractivity contribution in [3.05, 3.63) is 42.3 Å². The molecule has 0 aliphatic rings. The Morgan fingerprint density at radius 1 is 1.14 bits per heavy atom. The van der Waals surface area contributed by atoms with E-state index >= 15 is 0 Å². The lowest BCUT2D eigenvalue weighted by molar-refractivity contribution is 0.516. The standard InChI is InChI=1S/C14H20/c1-3-5-9-13(4-2)12-14-10-7-6-8-11-14/h6-8,10-11,13H,3-5,9H2,1-2H3. The lowest BCUT2D eigenvalue weighted by Gasteiger charge is -2.12. The maximum atomic E-state index is 3.56. The molecule has 0 N–H and O–H groups in total. The van der Waals surface area contributed by atoms with Crippen molar-refractivity contribution in [3.63, 3.8) is 0 Å². The van der Waals surface area contributed by atoms with Crippen LogP contribution >= 0.6 is 0 Å². The van der Waals surface area contributed by atoms with Gasteiger partial charge in [0.25, 0.3) is 0 Å². The Bertz CT molecular complexity index is 225. The molecule has 0 saturated heterocycles. The van der Waals surface area contributed by atoms with Crippen molar-refractivity contribution in [3.8, 4) is 0 Å². The van der Waals surface area contributed by atoms with Gasteiger partial charge in [0, 0.05) is 6.42 Å². The monoisotopic (exact) mass is 188 g/mol. The molecule has 0 nitrogen and oxygen atoms in total. The molecule has 76 valence electrons. The van der Waals surface area contributed by atoms with Gasteiger partial charge in [-0.1, -0.05) is 63.4 Å². The van der Waals surface area contributed by atoms with Crippen molar-refractivity contribution in [1.82, 2.24) is 0 Å². The van der Waals surface area contributed by atoms with Crippen LogP contribution in [-0.2, 0) is 0 Å². The molecule has 1 unspecified atom stereocenters. The molecule has 0 heterocycles. The number of hydrogen-bond acceptors (Lipinski definition) is 0. The summed E-state index contributed by atoms with van der Waals surface area (Å²) in [5, 5.41) is 0. The summed E-state index contributed by atoms with van der Waals surface area (Å²) in [6.45, 7) is 4.49. The Hall–Kier alpha value is -0.780. The van der Waals surface area contributed by atoms with Gasteiger partial charge in [-0.05, 0) is 17.9 Å². The van der Waals surface area contributed by atoms with E-state index < -0.39 is 0 Å². The molecule has 0 aliphatic heterocycles. The van der Waals surface area contributed by atoms with Crippen LogP contribution in [0.25, 0.3) is 0 Å². The fraction of sp³-hybridized carbons (Fsp3) is 0.500. The topological polar surface area (TPSA) is 0 Å².